The highest BCUT2D eigenvalue weighted by atomic mass is 32.2. The molecule has 10 heteroatoms. The van der Waals surface area contributed by atoms with Crippen molar-refractivity contribution < 1.29 is 13.2 Å². The Labute approximate surface area is 158 Å². The lowest BCUT2D eigenvalue weighted by molar-refractivity contribution is -0.117. The minimum atomic E-state index is -3.25. The second-order valence-corrected chi connectivity index (χ2v) is 9.12. The lowest BCUT2D eigenvalue weighted by Crippen LogP contribution is -2.38. The van der Waals surface area contributed by atoms with E-state index in [0.29, 0.717) is 37.4 Å². The molecule has 3 N–H and O–H groups in total. The average Bonchev–Trinajstić information content (AvgIpc) is 3.19. The molecule has 1 atom stereocenters. The van der Waals surface area contributed by atoms with Crippen molar-refractivity contribution in [3.8, 4) is 0 Å². The van der Waals surface area contributed by atoms with E-state index in [1.165, 1.54) is 0 Å². The second-order valence-electron chi connectivity index (χ2n) is 7.24. The molecule has 3 heterocycles. The Morgan fingerprint density at radius 2 is 2.15 bits per heavy atom. The van der Waals surface area contributed by atoms with Crippen molar-refractivity contribution in [3.05, 3.63) is 12.3 Å². The number of aromatic amines is 1. The molecule has 27 heavy (non-hydrogen) atoms. The first-order chi connectivity index (χ1) is 12.9. The zero-order valence-corrected chi connectivity index (χ0v) is 16.1. The lowest BCUT2D eigenvalue weighted by atomic mass is 10.3. The van der Waals surface area contributed by atoms with Crippen LogP contribution in [-0.2, 0) is 14.8 Å². The fraction of sp³-hybridized carbons (Fsp3) is 0.588. The Bertz CT molecular complexity index is 953. The van der Waals surface area contributed by atoms with Crippen LogP contribution in [0.1, 0.15) is 32.6 Å². The number of hydrogen-bond donors (Lipinski definition) is 3. The Kier molecular flexibility index (Phi) is 4.77. The van der Waals surface area contributed by atoms with Crippen LogP contribution in [0.5, 0.6) is 0 Å². The molecule has 1 saturated carbocycles. The van der Waals surface area contributed by atoms with Crippen LogP contribution >= 0.6 is 0 Å². The Morgan fingerprint density at radius 3 is 2.89 bits per heavy atom. The highest BCUT2D eigenvalue weighted by Crippen LogP contribution is 2.31. The molecule has 4 rings (SSSR count). The molecule has 0 aromatic carbocycles. The third-order valence-electron chi connectivity index (χ3n) is 4.89. The highest BCUT2D eigenvalue weighted by molar-refractivity contribution is 7.89. The first-order valence-corrected chi connectivity index (χ1v) is 11.0. The summed E-state index contributed by atoms with van der Waals surface area (Å²) in [4.78, 5) is 26.1. The summed E-state index contributed by atoms with van der Waals surface area (Å²) in [6.07, 6.45) is 4.91. The molecule has 9 nitrogen and oxygen atoms in total. The molecule has 0 spiro atoms. The van der Waals surface area contributed by atoms with E-state index in [1.54, 1.807) is 6.20 Å². The number of fused-ring (bicyclic) bond motifs is 1. The van der Waals surface area contributed by atoms with Gasteiger partial charge in [0.2, 0.25) is 21.9 Å². The highest BCUT2D eigenvalue weighted by Gasteiger charge is 2.31. The van der Waals surface area contributed by atoms with Crippen LogP contribution in [0.3, 0.4) is 0 Å². The van der Waals surface area contributed by atoms with Crippen molar-refractivity contribution >= 4 is 38.7 Å². The van der Waals surface area contributed by atoms with E-state index >= 15 is 0 Å². The minimum absolute atomic E-state index is 0.0431. The van der Waals surface area contributed by atoms with Crippen LogP contribution in [0.4, 0.5) is 11.8 Å². The molecular formula is C17H24N6O3S. The molecule has 2 aromatic rings. The monoisotopic (exact) mass is 392 g/mol. The van der Waals surface area contributed by atoms with E-state index in [9.17, 15) is 13.2 Å². The van der Waals surface area contributed by atoms with E-state index in [0.717, 1.165) is 18.2 Å². The van der Waals surface area contributed by atoms with Gasteiger partial charge in [0.1, 0.15) is 11.5 Å². The summed E-state index contributed by atoms with van der Waals surface area (Å²) in [5.74, 6) is 1.16. The third kappa shape index (κ3) is 4.06. The first-order valence-electron chi connectivity index (χ1n) is 9.36. The number of aromatic nitrogens is 3. The predicted molar refractivity (Wildman–Crippen MR) is 103 cm³/mol. The standard InChI is InChI=1S/C17H24N6O3S/c1-2-9-27(25,26)22-12-6-8-23(10-12)15-13-5-7-18-14(13)19-17(20-15)21-16(24)11-3-4-11/h5,7,11-12,22H,2-4,6,8-10H2,1H3,(H2,18,19,20,21,24)/t12-/m1/s1. The van der Waals surface area contributed by atoms with Crippen LogP contribution in [0, 0.1) is 5.92 Å². The van der Waals surface area contributed by atoms with E-state index in [2.05, 4.69) is 25.0 Å². The molecule has 2 fully saturated rings. The first kappa shape index (κ1) is 18.2. The van der Waals surface area contributed by atoms with Gasteiger partial charge in [0, 0.05) is 31.2 Å². The number of H-pyrrole nitrogens is 1. The van der Waals surface area contributed by atoms with Gasteiger partial charge in [0.25, 0.3) is 0 Å². The van der Waals surface area contributed by atoms with E-state index in [1.807, 2.05) is 17.9 Å². The van der Waals surface area contributed by atoms with Crippen LogP contribution in [0.2, 0.25) is 0 Å². The molecule has 146 valence electrons. The Hall–Kier alpha value is -2.20. The van der Waals surface area contributed by atoms with Gasteiger partial charge in [-0.2, -0.15) is 9.97 Å². The summed E-state index contributed by atoms with van der Waals surface area (Å²) in [5.41, 5.74) is 0.654. The SMILES string of the molecule is CCCS(=O)(=O)N[C@@H]1CCN(c2nc(NC(=O)C3CC3)nc3[nH]ccc23)C1. The van der Waals surface area contributed by atoms with Gasteiger partial charge in [-0.05, 0) is 31.7 Å². The van der Waals surface area contributed by atoms with Crippen molar-refractivity contribution in [1.29, 1.82) is 0 Å². The van der Waals surface area contributed by atoms with Crippen molar-refractivity contribution in [2.75, 3.05) is 29.1 Å². The molecule has 2 aromatic heterocycles. The molecule has 0 bridgehead atoms. The summed E-state index contributed by atoms with van der Waals surface area (Å²) < 4.78 is 26.9. The molecule has 1 aliphatic carbocycles. The molecule has 1 aliphatic heterocycles. The number of carbonyl (C=O) groups excluding carboxylic acids is 1. The van der Waals surface area contributed by atoms with Crippen molar-refractivity contribution in [2.45, 2.75) is 38.6 Å². The van der Waals surface area contributed by atoms with E-state index in [4.69, 9.17) is 0 Å². The fourth-order valence-electron chi connectivity index (χ4n) is 3.41. The summed E-state index contributed by atoms with van der Waals surface area (Å²) in [6.45, 7) is 3.07. The number of rotatable bonds is 7. The van der Waals surface area contributed by atoms with Gasteiger partial charge in [-0.25, -0.2) is 13.1 Å². The van der Waals surface area contributed by atoms with Crippen LogP contribution in [0.15, 0.2) is 12.3 Å². The Balaban J connectivity index is 1.54. The quantitative estimate of drug-likeness (QED) is 0.651. The topological polar surface area (TPSA) is 120 Å². The van der Waals surface area contributed by atoms with Crippen molar-refractivity contribution in [3.63, 3.8) is 0 Å². The number of amides is 1. The van der Waals surface area contributed by atoms with Gasteiger partial charge in [-0.3, -0.25) is 10.1 Å². The van der Waals surface area contributed by atoms with Gasteiger partial charge in [-0.1, -0.05) is 6.92 Å². The summed E-state index contributed by atoms with van der Waals surface area (Å²) in [7, 11) is -3.25. The zero-order valence-electron chi connectivity index (χ0n) is 15.2. The number of nitrogens with one attached hydrogen (secondary N) is 3. The maximum Gasteiger partial charge on any atom is 0.233 e. The predicted octanol–water partition coefficient (Wildman–Crippen LogP) is 1.21. The fourth-order valence-corrected chi connectivity index (χ4v) is 4.77. The molecule has 2 aliphatic rings. The second kappa shape index (κ2) is 7.08. The normalized spacial score (nSPS) is 20.3. The molecule has 1 saturated heterocycles. The van der Waals surface area contributed by atoms with Gasteiger partial charge < -0.3 is 9.88 Å². The minimum Gasteiger partial charge on any atom is -0.354 e. The molecular weight excluding hydrogens is 368 g/mol. The van der Waals surface area contributed by atoms with Crippen molar-refractivity contribution in [2.24, 2.45) is 5.92 Å². The third-order valence-corrected chi connectivity index (χ3v) is 6.52. The average molecular weight is 392 g/mol. The van der Waals surface area contributed by atoms with E-state index in [-0.39, 0.29) is 29.6 Å². The zero-order chi connectivity index (χ0) is 19.0. The summed E-state index contributed by atoms with van der Waals surface area (Å²) >= 11 is 0. The maximum absolute atomic E-state index is 12.1. The van der Waals surface area contributed by atoms with Crippen LogP contribution in [-0.4, -0.2) is 54.2 Å². The number of nitrogens with zero attached hydrogens (tertiary/aromatic N) is 3. The largest absolute Gasteiger partial charge is 0.354 e. The smallest absolute Gasteiger partial charge is 0.233 e. The molecule has 0 radical (unpaired) electrons. The van der Waals surface area contributed by atoms with Gasteiger partial charge in [-0.15, -0.1) is 0 Å². The number of anilines is 2. The Morgan fingerprint density at radius 1 is 1.33 bits per heavy atom. The number of sulfonamides is 1. The lowest BCUT2D eigenvalue weighted by Gasteiger charge is -2.19. The van der Waals surface area contributed by atoms with Gasteiger partial charge in [0.15, 0.2) is 0 Å². The number of hydrogen-bond acceptors (Lipinski definition) is 6. The summed E-state index contributed by atoms with van der Waals surface area (Å²) in [6, 6.07) is 1.75. The van der Waals surface area contributed by atoms with Crippen molar-refractivity contribution in [1.82, 2.24) is 19.7 Å². The van der Waals surface area contributed by atoms with Crippen LogP contribution < -0.4 is 14.9 Å². The van der Waals surface area contributed by atoms with E-state index < -0.39 is 10.0 Å². The van der Waals surface area contributed by atoms with Gasteiger partial charge in [0.05, 0.1) is 11.1 Å². The molecule has 0 unspecified atom stereocenters. The molecule has 1 amide bonds. The summed E-state index contributed by atoms with van der Waals surface area (Å²) in [5, 5.41) is 3.65. The maximum atomic E-state index is 12.1. The van der Waals surface area contributed by atoms with Crippen LogP contribution in [0.25, 0.3) is 11.0 Å². The number of carbonyl (C=O) groups is 1. The van der Waals surface area contributed by atoms with Gasteiger partial charge >= 0.3 is 0 Å².